The highest BCUT2D eigenvalue weighted by atomic mass is 32.1. The van der Waals surface area contributed by atoms with Gasteiger partial charge in [0, 0.05) is 49.5 Å². The monoisotopic (exact) mass is 811 g/mol. The summed E-state index contributed by atoms with van der Waals surface area (Å²) in [7, 11) is 1.36. The number of nitrogens with zero attached hydrogens (tertiary/aromatic N) is 5. The molecule has 58 heavy (non-hydrogen) atoms. The van der Waals surface area contributed by atoms with E-state index in [2.05, 4.69) is 15.6 Å². The van der Waals surface area contributed by atoms with E-state index in [-0.39, 0.29) is 24.8 Å². The first-order valence-corrected chi connectivity index (χ1v) is 20.5. The summed E-state index contributed by atoms with van der Waals surface area (Å²) in [5.74, 6) is -0.875. The van der Waals surface area contributed by atoms with Crippen molar-refractivity contribution < 1.29 is 29.4 Å². The molecule has 0 radical (unpaired) electrons. The first-order chi connectivity index (χ1) is 27.4. The van der Waals surface area contributed by atoms with Crippen LogP contribution in [0.25, 0.3) is 10.6 Å². The summed E-state index contributed by atoms with van der Waals surface area (Å²) in [6, 6.07) is 19.3. The van der Waals surface area contributed by atoms with Crippen LogP contribution in [0.5, 0.6) is 0 Å². The molecule has 4 N–H and O–H groups in total. The van der Waals surface area contributed by atoms with Crippen LogP contribution in [0, 0.1) is 10.8 Å². The van der Waals surface area contributed by atoms with Gasteiger partial charge in [-0.25, -0.2) is 14.6 Å². The van der Waals surface area contributed by atoms with Crippen LogP contribution in [0.15, 0.2) is 90.6 Å². The first kappa shape index (κ1) is 43.8. The number of nitrogens with one attached hydrogen (secondary N) is 2. The second kappa shape index (κ2) is 18.9. The molecule has 1 aliphatic rings. The Morgan fingerprint density at radius 1 is 0.862 bits per heavy atom. The van der Waals surface area contributed by atoms with Crippen LogP contribution in [0.2, 0.25) is 0 Å². The van der Waals surface area contributed by atoms with Crippen molar-refractivity contribution in [2.24, 2.45) is 10.8 Å². The van der Waals surface area contributed by atoms with Crippen LogP contribution in [-0.4, -0.2) is 109 Å². The van der Waals surface area contributed by atoms with Crippen molar-refractivity contribution in [2.75, 3.05) is 20.1 Å². The molecule has 5 amide bonds. The molecule has 13 nitrogen and oxygen atoms in total. The number of rotatable bonds is 16. The van der Waals surface area contributed by atoms with Gasteiger partial charge >= 0.3 is 12.1 Å². The molecule has 0 aliphatic carbocycles. The third-order valence-corrected chi connectivity index (χ3v) is 11.3. The van der Waals surface area contributed by atoms with Gasteiger partial charge in [0.2, 0.25) is 11.8 Å². The third-order valence-electron chi connectivity index (χ3n) is 10.4. The average Bonchev–Trinajstić information content (AvgIpc) is 3.77. The lowest BCUT2D eigenvalue weighted by atomic mass is 9.84. The van der Waals surface area contributed by atoms with Gasteiger partial charge in [0.1, 0.15) is 17.1 Å². The summed E-state index contributed by atoms with van der Waals surface area (Å²) in [5.41, 5.74) is 2.06. The number of pyridine rings is 1. The molecular formula is C44H57N7O6S. The Bertz CT molecular complexity index is 1980. The summed E-state index contributed by atoms with van der Waals surface area (Å²) in [6.45, 7) is 12.3. The Morgan fingerprint density at radius 2 is 1.50 bits per heavy atom. The van der Waals surface area contributed by atoms with Crippen molar-refractivity contribution in [1.29, 1.82) is 0 Å². The molecule has 14 heteroatoms. The van der Waals surface area contributed by atoms with Gasteiger partial charge in [-0.2, -0.15) is 0 Å². The molecule has 1 aliphatic heterocycles. The van der Waals surface area contributed by atoms with E-state index in [1.165, 1.54) is 18.4 Å². The largest absolute Gasteiger partial charge is 0.465 e. The van der Waals surface area contributed by atoms with Crippen molar-refractivity contribution in [1.82, 2.24) is 35.3 Å². The SMILES string of the molecule is CN(C(=O)O)[C@H](C(=O)N[C@@H](Cc1ccccc1)[C@@H](O)C[C@H](Cc1ccccc1)NC(=O)[C@@H](N1CCN(Cc2csc(-c3cccnc3)n2)C1=O)C(C)(C)C)C(C)(C)C. The fourth-order valence-electron chi connectivity index (χ4n) is 7.69. The maximum atomic E-state index is 14.6. The van der Waals surface area contributed by atoms with Gasteiger partial charge in [-0.05, 0) is 53.4 Å². The number of aliphatic hydroxyl groups excluding tert-OH is 1. The zero-order valence-corrected chi connectivity index (χ0v) is 35.3. The van der Waals surface area contributed by atoms with Crippen LogP contribution in [-0.2, 0) is 29.0 Å². The minimum absolute atomic E-state index is 0.0629. The average molecular weight is 812 g/mol. The van der Waals surface area contributed by atoms with Gasteiger partial charge in [0.15, 0.2) is 0 Å². The Balaban J connectivity index is 1.37. The quantitative estimate of drug-likeness (QED) is 0.106. The number of thiazole rings is 1. The van der Waals surface area contributed by atoms with Gasteiger partial charge in [-0.3, -0.25) is 19.5 Å². The fourth-order valence-corrected chi connectivity index (χ4v) is 8.49. The molecule has 0 spiro atoms. The van der Waals surface area contributed by atoms with E-state index in [1.807, 2.05) is 98.9 Å². The van der Waals surface area contributed by atoms with Gasteiger partial charge in [-0.1, -0.05) is 102 Å². The van der Waals surface area contributed by atoms with Crippen LogP contribution < -0.4 is 10.6 Å². The maximum Gasteiger partial charge on any atom is 0.407 e. The minimum atomic E-state index is -1.24. The number of hydrogen-bond acceptors (Lipinski definition) is 8. The Labute approximate surface area is 345 Å². The number of amides is 5. The predicted octanol–water partition coefficient (Wildman–Crippen LogP) is 6.09. The van der Waals surface area contributed by atoms with Gasteiger partial charge in [0.05, 0.1) is 24.4 Å². The molecule has 1 fully saturated rings. The number of benzene rings is 2. The first-order valence-electron chi connectivity index (χ1n) is 19.6. The van der Waals surface area contributed by atoms with Crippen LogP contribution in [0.4, 0.5) is 9.59 Å². The highest BCUT2D eigenvalue weighted by Gasteiger charge is 2.44. The molecule has 4 aromatic rings. The zero-order valence-electron chi connectivity index (χ0n) is 34.5. The molecule has 3 heterocycles. The molecule has 0 unspecified atom stereocenters. The van der Waals surface area contributed by atoms with Crippen molar-refractivity contribution in [2.45, 2.75) is 97.6 Å². The van der Waals surface area contributed by atoms with E-state index >= 15 is 0 Å². The van der Waals surface area contributed by atoms with Crippen molar-refractivity contribution in [3.8, 4) is 10.6 Å². The summed E-state index contributed by atoms with van der Waals surface area (Å²) < 4.78 is 0. The third kappa shape index (κ3) is 11.4. The summed E-state index contributed by atoms with van der Waals surface area (Å²) >= 11 is 1.49. The smallest absolute Gasteiger partial charge is 0.407 e. The van der Waals surface area contributed by atoms with Gasteiger partial charge in [0.25, 0.3) is 0 Å². The van der Waals surface area contributed by atoms with Crippen LogP contribution in [0.3, 0.4) is 0 Å². The second-order valence-electron chi connectivity index (χ2n) is 17.2. The highest BCUT2D eigenvalue weighted by Crippen LogP contribution is 2.30. The van der Waals surface area contributed by atoms with Crippen LogP contribution in [0.1, 0.15) is 64.8 Å². The van der Waals surface area contributed by atoms with Crippen molar-refractivity contribution in [3.05, 3.63) is 107 Å². The number of urea groups is 1. The summed E-state index contributed by atoms with van der Waals surface area (Å²) in [4.78, 5) is 67.8. The molecule has 1 saturated heterocycles. The summed E-state index contributed by atoms with van der Waals surface area (Å²) in [5, 5.41) is 30.8. The molecule has 5 rings (SSSR count). The standard InChI is InChI=1S/C44H57N7O6S/c1-43(2,3)36(49(7)42(56)57)38(53)48-34(24-30-17-12-9-13-18-30)35(52)25-32(23-29-15-10-8-11-16-29)46-39(54)37(44(4,5)6)51-22-21-50(41(51)55)27-33-28-58-40(47-33)31-19-14-20-45-26-31/h8-20,26,28,32,34-37,52H,21-25,27H2,1-7H3,(H,46,54)(H,48,53)(H,56,57)/t32-,34-,35-,36+,37+/m0/s1. The van der Waals surface area contributed by atoms with E-state index in [0.29, 0.717) is 26.1 Å². The van der Waals surface area contributed by atoms with E-state index in [0.717, 1.165) is 32.3 Å². The number of carboxylic acid groups (broad SMARTS) is 1. The van der Waals surface area contributed by atoms with E-state index in [9.17, 15) is 29.4 Å². The predicted molar refractivity (Wildman–Crippen MR) is 225 cm³/mol. The molecular weight excluding hydrogens is 755 g/mol. The zero-order chi connectivity index (χ0) is 42.2. The van der Waals surface area contributed by atoms with Gasteiger partial charge in [-0.15, -0.1) is 11.3 Å². The lowest BCUT2D eigenvalue weighted by molar-refractivity contribution is -0.131. The lowest BCUT2D eigenvalue weighted by Gasteiger charge is -2.38. The Hall–Kier alpha value is -5.34. The number of aromatic nitrogens is 2. The topological polar surface area (TPSA) is 168 Å². The Morgan fingerprint density at radius 3 is 2.07 bits per heavy atom. The van der Waals surface area contributed by atoms with Crippen molar-refractivity contribution >= 4 is 35.3 Å². The normalized spacial score (nSPS) is 16.0. The highest BCUT2D eigenvalue weighted by molar-refractivity contribution is 7.13. The number of likely N-dealkylation sites (N-methyl/N-ethyl adjacent to an activating group) is 1. The molecule has 2 aromatic heterocycles. The lowest BCUT2D eigenvalue weighted by Crippen LogP contribution is -2.59. The minimum Gasteiger partial charge on any atom is -0.465 e. The number of aliphatic hydroxyl groups is 1. The summed E-state index contributed by atoms with van der Waals surface area (Å²) in [6.07, 6.45) is 1.77. The van der Waals surface area contributed by atoms with Gasteiger partial charge < -0.3 is 30.6 Å². The van der Waals surface area contributed by atoms with E-state index in [4.69, 9.17) is 4.98 Å². The van der Waals surface area contributed by atoms with E-state index in [1.54, 1.807) is 43.0 Å². The molecule has 310 valence electrons. The number of carbonyl (C=O) groups excluding carboxylic acids is 3. The number of carbonyl (C=O) groups is 4. The molecule has 0 saturated carbocycles. The molecule has 0 bridgehead atoms. The van der Waals surface area contributed by atoms with E-state index < -0.39 is 53.1 Å². The number of hydrogen-bond donors (Lipinski definition) is 4. The Kier molecular flexibility index (Phi) is 14.3. The second-order valence-corrected chi connectivity index (χ2v) is 18.1. The van der Waals surface area contributed by atoms with Crippen LogP contribution >= 0.6 is 11.3 Å². The molecule has 2 aromatic carbocycles. The van der Waals surface area contributed by atoms with Crippen molar-refractivity contribution in [3.63, 3.8) is 0 Å². The maximum absolute atomic E-state index is 14.6. The molecule has 5 atom stereocenters. The fraction of sp³-hybridized carbons (Fsp3) is 0.455.